The molecule has 5 heteroatoms. The van der Waals surface area contributed by atoms with Gasteiger partial charge in [-0.05, 0) is 49.2 Å². The summed E-state index contributed by atoms with van der Waals surface area (Å²) in [6.45, 7) is 1.96. The first-order chi connectivity index (χ1) is 11.7. The van der Waals surface area contributed by atoms with E-state index in [2.05, 4.69) is 23.1 Å². The maximum Gasteiger partial charge on any atom is 0.248 e. The third-order valence-electron chi connectivity index (χ3n) is 4.58. The molecule has 0 radical (unpaired) electrons. The van der Waals surface area contributed by atoms with Crippen molar-refractivity contribution < 1.29 is 4.79 Å². The van der Waals surface area contributed by atoms with Crippen molar-refractivity contribution in [2.75, 3.05) is 6.54 Å². The van der Waals surface area contributed by atoms with Crippen molar-refractivity contribution >= 4 is 27.5 Å². The van der Waals surface area contributed by atoms with Crippen LogP contribution >= 0.6 is 11.3 Å². The molecule has 24 heavy (non-hydrogen) atoms. The van der Waals surface area contributed by atoms with E-state index in [0.29, 0.717) is 11.6 Å². The Kier molecular flexibility index (Phi) is 4.04. The molecule has 1 atom stereocenters. The zero-order valence-electron chi connectivity index (χ0n) is 13.3. The van der Waals surface area contributed by atoms with Crippen LogP contribution in [0, 0.1) is 0 Å². The summed E-state index contributed by atoms with van der Waals surface area (Å²) < 4.78 is 1.25. The number of para-hydroxylation sites is 1. The van der Waals surface area contributed by atoms with E-state index in [9.17, 15) is 4.79 Å². The van der Waals surface area contributed by atoms with Gasteiger partial charge in [-0.15, -0.1) is 11.3 Å². The van der Waals surface area contributed by atoms with Crippen molar-refractivity contribution in [3.63, 3.8) is 0 Å². The lowest BCUT2D eigenvalue weighted by atomic mass is 10.1. The minimum Gasteiger partial charge on any atom is -0.366 e. The molecular weight excluding hydrogens is 318 g/mol. The molecule has 1 fully saturated rings. The molecule has 0 bridgehead atoms. The molecule has 0 unspecified atom stereocenters. The van der Waals surface area contributed by atoms with Crippen LogP contribution in [0.25, 0.3) is 10.2 Å². The third-order valence-corrected chi connectivity index (χ3v) is 5.72. The van der Waals surface area contributed by atoms with Gasteiger partial charge in [0.15, 0.2) is 0 Å². The second kappa shape index (κ2) is 6.34. The second-order valence-corrected chi connectivity index (χ2v) is 7.27. The molecule has 2 N–H and O–H groups in total. The zero-order chi connectivity index (χ0) is 16.5. The number of amides is 1. The van der Waals surface area contributed by atoms with E-state index < -0.39 is 0 Å². The van der Waals surface area contributed by atoms with Crippen LogP contribution < -0.4 is 5.73 Å². The van der Waals surface area contributed by atoms with Crippen LogP contribution in [0.15, 0.2) is 48.5 Å². The van der Waals surface area contributed by atoms with E-state index in [1.807, 2.05) is 18.2 Å². The SMILES string of the molecule is NC(=O)c1ccc(CN2CCC[C@H]2c2nc3ccccc3s2)cc1. The Balaban J connectivity index is 1.55. The summed E-state index contributed by atoms with van der Waals surface area (Å²) >= 11 is 1.80. The summed E-state index contributed by atoms with van der Waals surface area (Å²) in [5.74, 6) is -0.380. The van der Waals surface area contributed by atoms with Crippen LogP contribution in [0.3, 0.4) is 0 Å². The van der Waals surface area contributed by atoms with E-state index in [1.54, 1.807) is 23.5 Å². The molecule has 1 saturated heterocycles. The van der Waals surface area contributed by atoms with Gasteiger partial charge in [0.2, 0.25) is 5.91 Å². The average Bonchev–Trinajstić information content (AvgIpc) is 3.21. The summed E-state index contributed by atoms with van der Waals surface area (Å²) in [6.07, 6.45) is 2.35. The second-order valence-electron chi connectivity index (χ2n) is 6.21. The number of carbonyl (C=O) groups is 1. The number of hydrogen-bond acceptors (Lipinski definition) is 4. The van der Waals surface area contributed by atoms with Gasteiger partial charge in [0.05, 0.1) is 16.3 Å². The monoisotopic (exact) mass is 337 g/mol. The van der Waals surface area contributed by atoms with Crippen LogP contribution in [0.4, 0.5) is 0 Å². The molecule has 1 aromatic heterocycles. The van der Waals surface area contributed by atoms with Gasteiger partial charge in [-0.3, -0.25) is 9.69 Å². The fourth-order valence-electron chi connectivity index (χ4n) is 3.34. The number of thiazole rings is 1. The minimum atomic E-state index is -0.380. The number of hydrogen-bond donors (Lipinski definition) is 1. The summed E-state index contributed by atoms with van der Waals surface area (Å²) in [5.41, 5.74) is 8.16. The van der Waals surface area contributed by atoms with Gasteiger partial charge in [0, 0.05) is 12.1 Å². The van der Waals surface area contributed by atoms with Gasteiger partial charge in [0.1, 0.15) is 5.01 Å². The van der Waals surface area contributed by atoms with Crippen LogP contribution in [0.2, 0.25) is 0 Å². The van der Waals surface area contributed by atoms with Crippen molar-refractivity contribution in [1.82, 2.24) is 9.88 Å². The summed E-state index contributed by atoms with van der Waals surface area (Å²) in [4.78, 5) is 18.5. The molecule has 2 aromatic carbocycles. The lowest BCUT2D eigenvalue weighted by Gasteiger charge is -2.22. The Hall–Kier alpha value is -2.24. The fraction of sp³-hybridized carbons (Fsp3) is 0.263. The number of likely N-dealkylation sites (tertiary alicyclic amines) is 1. The molecule has 2 heterocycles. The highest BCUT2D eigenvalue weighted by molar-refractivity contribution is 7.18. The predicted molar refractivity (Wildman–Crippen MR) is 97.0 cm³/mol. The number of benzene rings is 2. The Morgan fingerprint density at radius 1 is 1.21 bits per heavy atom. The fourth-order valence-corrected chi connectivity index (χ4v) is 4.47. The lowest BCUT2D eigenvalue weighted by Crippen LogP contribution is -2.22. The average molecular weight is 337 g/mol. The number of rotatable bonds is 4. The zero-order valence-corrected chi connectivity index (χ0v) is 14.1. The number of aromatic nitrogens is 1. The molecule has 3 aromatic rings. The first-order valence-electron chi connectivity index (χ1n) is 8.19. The maximum absolute atomic E-state index is 11.2. The van der Waals surface area contributed by atoms with E-state index in [-0.39, 0.29) is 5.91 Å². The highest BCUT2D eigenvalue weighted by Crippen LogP contribution is 2.37. The lowest BCUT2D eigenvalue weighted by molar-refractivity contribution is 0.100. The number of nitrogens with zero attached hydrogens (tertiary/aromatic N) is 2. The van der Waals surface area contributed by atoms with Crippen LogP contribution in [0.5, 0.6) is 0 Å². The molecule has 4 rings (SSSR count). The number of primary amides is 1. The van der Waals surface area contributed by atoms with Crippen LogP contribution in [-0.4, -0.2) is 22.3 Å². The van der Waals surface area contributed by atoms with Crippen molar-refractivity contribution in [3.05, 3.63) is 64.7 Å². The molecule has 0 spiro atoms. The van der Waals surface area contributed by atoms with Crippen molar-refractivity contribution in [3.8, 4) is 0 Å². The smallest absolute Gasteiger partial charge is 0.248 e. The molecule has 1 amide bonds. The largest absolute Gasteiger partial charge is 0.366 e. The number of fused-ring (bicyclic) bond motifs is 1. The van der Waals surface area contributed by atoms with Gasteiger partial charge < -0.3 is 5.73 Å². The van der Waals surface area contributed by atoms with Gasteiger partial charge in [-0.1, -0.05) is 24.3 Å². The Bertz CT molecular complexity index is 839. The van der Waals surface area contributed by atoms with Gasteiger partial charge in [-0.25, -0.2) is 4.98 Å². The van der Waals surface area contributed by atoms with Crippen LogP contribution in [-0.2, 0) is 6.54 Å². The number of nitrogens with two attached hydrogens (primary N) is 1. The third kappa shape index (κ3) is 2.92. The summed E-state index contributed by atoms with van der Waals surface area (Å²) in [7, 11) is 0. The summed E-state index contributed by atoms with van der Waals surface area (Å²) in [5, 5.41) is 1.21. The Labute approximate surface area is 144 Å². The molecule has 122 valence electrons. The molecule has 1 aliphatic rings. The highest BCUT2D eigenvalue weighted by Gasteiger charge is 2.28. The predicted octanol–water partition coefficient (Wildman–Crippen LogP) is 3.73. The Morgan fingerprint density at radius 2 is 2.00 bits per heavy atom. The van der Waals surface area contributed by atoms with E-state index in [0.717, 1.165) is 25.0 Å². The topological polar surface area (TPSA) is 59.2 Å². The van der Waals surface area contributed by atoms with E-state index >= 15 is 0 Å². The highest BCUT2D eigenvalue weighted by atomic mass is 32.1. The summed E-state index contributed by atoms with van der Waals surface area (Å²) in [6, 6.07) is 16.3. The first-order valence-corrected chi connectivity index (χ1v) is 9.00. The minimum absolute atomic E-state index is 0.380. The van der Waals surface area contributed by atoms with Crippen molar-refractivity contribution in [1.29, 1.82) is 0 Å². The van der Waals surface area contributed by atoms with Gasteiger partial charge >= 0.3 is 0 Å². The normalized spacial score (nSPS) is 18.2. The van der Waals surface area contributed by atoms with Gasteiger partial charge in [-0.2, -0.15) is 0 Å². The van der Waals surface area contributed by atoms with Gasteiger partial charge in [0.25, 0.3) is 0 Å². The van der Waals surface area contributed by atoms with Crippen molar-refractivity contribution in [2.45, 2.75) is 25.4 Å². The molecule has 0 aliphatic carbocycles. The van der Waals surface area contributed by atoms with Crippen LogP contribution in [0.1, 0.15) is 39.8 Å². The molecule has 1 aliphatic heterocycles. The quantitative estimate of drug-likeness (QED) is 0.789. The van der Waals surface area contributed by atoms with Crippen molar-refractivity contribution in [2.24, 2.45) is 5.73 Å². The molecule has 0 saturated carbocycles. The van der Waals surface area contributed by atoms with E-state index in [1.165, 1.54) is 21.7 Å². The number of carbonyl (C=O) groups excluding carboxylic acids is 1. The van der Waals surface area contributed by atoms with E-state index in [4.69, 9.17) is 10.7 Å². The maximum atomic E-state index is 11.2. The molecule has 4 nitrogen and oxygen atoms in total. The molecular formula is C19H19N3OS. The first kappa shape index (κ1) is 15.3. The standard InChI is InChI=1S/C19H19N3OS/c20-18(23)14-9-7-13(8-10-14)12-22-11-3-5-16(22)19-21-15-4-1-2-6-17(15)24-19/h1-2,4,6-10,16H,3,5,11-12H2,(H2,20,23)/t16-/m0/s1. The Morgan fingerprint density at radius 3 is 2.75 bits per heavy atom.